The average molecular weight is 720 g/mol. The van der Waals surface area contributed by atoms with Crippen LogP contribution in [-0.4, -0.2) is 9.97 Å². The molecule has 207 valence electrons. The Morgan fingerprint density at radius 3 is 2.12 bits per heavy atom. The van der Waals surface area contributed by atoms with Gasteiger partial charge in [0.1, 0.15) is 0 Å². The van der Waals surface area contributed by atoms with E-state index >= 15 is 0 Å². The summed E-state index contributed by atoms with van der Waals surface area (Å²) in [5.74, 6) is 0.438. The Hall–Kier alpha value is -4.43. The van der Waals surface area contributed by atoms with Crippen molar-refractivity contribution in [3.05, 3.63) is 157 Å². The van der Waals surface area contributed by atoms with Crippen LogP contribution in [0.15, 0.2) is 140 Å². The summed E-state index contributed by atoms with van der Waals surface area (Å²) in [6, 6.07) is 47.6. The molecule has 0 aliphatic rings. The summed E-state index contributed by atoms with van der Waals surface area (Å²) in [5.41, 5.74) is 7.12. The molecule has 42 heavy (non-hydrogen) atoms. The first-order valence-electron chi connectivity index (χ1n) is 14.4. The fourth-order valence-corrected chi connectivity index (χ4v) is 4.96. The molecule has 0 saturated carbocycles. The third-order valence-corrected chi connectivity index (χ3v) is 7.14. The molecule has 7 rings (SSSR count). The first-order chi connectivity index (χ1) is 20.6. The van der Waals surface area contributed by atoms with E-state index in [1.807, 2.05) is 79.0 Å². The largest absolute Gasteiger partial charge is 0.305 e. The van der Waals surface area contributed by atoms with E-state index in [2.05, 4.69) is 84.5 Å². The Labute approximate surface area is 262 Å². The van der Waals surface area contributed by atoms with Crippen molar-refractivity contribution in [2.24, 2.45) is 0 Å². The van der Waals surface area contributed by atoms with Crippen LogP contribution in [0.2, 0.25) is 0 Å². The zero-order valence-corrected chi connectivity index (χ0v) is 25.9. The van der Waals surface area contributed by atoms with Gasteiger partial charge in [0.2, 0.25) is 0 Å². The summed E-state index contributed by atoms with van der Waals surface area (Å²) in [6.45, 7) is 4.37. The first-order valence-corrected chi connectivity index (χ1v) is 13.9. The molecule has 2 aromatic heterocycles. The molecule has 2 heterocycles. The molecule has 0 N–H and O–H groups in total. The molecule has 0 amide bonds. The fraction of sp³-hybridized carbons (Fsp3) is 0.0769. The SMILES string of the molecule is [2H]c1c(-c2ccccc2)c2ccccc2c2c[c-]c(-c3cc(C(C)C)ccn3)cc12.[Ir].[c-]1ccccc1-c1ccccn1. The number of aromatic nitrogens is 2. The number of rotatable bonds is 4. The van der Waals surface area contributed by atoms with Gasteiger partial charge in [0.25, 0.3) is 0 Å². The predicted octanol–water partition coefficient (Wildman–Crippen LogP) is 10.2. The summed E-state index contributed by atoms with van der Waals surface area (Å²) in [4.78, 5) is 8.80. The van der Waals surface area contributed by atoms with Gasteiger partial charge in [0, 0.05) is 32.5 Å². The van der Waals surface area contributed by atoms with E-state index < -0.39 is 0 Å². The first kappa shape index (κ1) is 27.7. The molecule has 0 fully saturated rings. The van der Waals surface area contributed by atoms with Gasteiger partial charge in [-0.25, -0.2) is 0 Å². The van der Waals surface area contributed by atoms with Gasteiger partial charge in [0.05, 0.1) is 1.37 Å². The van der Waals surface area contributed by atoms with Crippen LogP contribution in [0.1, 0.15) is 26.7 Å². The van der Waals surface area contributed by atoms with Gasteiger partial charge in [-0.2, -0.15) is 0 Å². The quantitative estimate of drug-likeness (QED) is 0.134. The van der Waals surface area contributed by atoms with Crippen LogP contribution in [0.25, 0.3) is 55.2 Å². The van der Waals surface area contributed by atoms with Gasteiger partial charge in [-0.1, -0.05) is 114 Å². The van der Waals surface area contributed by atoms with Crippen LogP contribution in [0.3, 0.4) is 0 Å². The van der Waals surface area contributed by atoms with Crippen molar-refractivity contribution in [3.63, 3.8) is 0 Å². The number of benzene rings is 5. The van der Waals surface area contributed by atoms with E-state index in [0.29, 0.717) is 12.0 Å². The molecule has 0 saturated heterocycles. The standard InChI is InChI=1S/C28H22N.C11H8N.Ir/c1-19(2)21-14-15-29-28(18-21)22-12-13-24-23(16-22)17-27(20-8-4-3-5-9-20)26-11-7-6-10-25(24)26;1-2-6-10(7-3-1)11-8-4-5-9-12-11;/h3-11,13-19H,1-2H3;1-6,8-9H;/q2*-1;/i17D;;. The molecule has 0 atom stereocenters. The van der Waals surface area contributed by atoms with Crippen molar-refractivity contribution in [1.29, 1.82) is 0 Å². The minimum absolute atomic E-state index is 0. The van der Waals surface area contributed by atoms with E-state index in [9.17, 15) is 0 Å². The molecule has 1 radical (unpaired) electrons. The monoisotopic (exact) mass is 720 g/mol. The van der Waals surface area contributed by atoms with Crippen molar-refractivity contribution in [3.8, 4) is 33.6 Å². The van der Waals surface area contributed by atoms with Crippen molar-refractivity contribution >= 4 is 21.5 Å². The van der Waals surface area contributed by atoms with Crippen molar-refractivity contribution < 1.29 is 21.5 Å². The van der Waals surface area contributed by atoms with Crippen molar-refractivity contribution in [2.45, 2.75) is 19.8 Å². The maximum Gasteiger partial charge on any atom is 0.0619 e. The molecule has 0 unspecified atom stereocenters. The van der Waals surface area contributed by atoms with Crippen LogP contribution >= 0.6 is 0 Å². The smallest absolute Gasteiger partial charge is 0.0619 e. The molecule has 0 aliphatic carbocycles. The van der Waals surface area contributed by atoms with E-state index in [-0.39, 0.29) is 20.1 Å². The van der Waals surface area contributed by atoms with E-state index in [4.69, 9.17) is 1.37 Å². The van der Waals surface area contributed by atoms with Crippen LogP contribution in [0, 0.1) is 12.1 Å². The molecule has 0 aliphatic heterocycles. The number of fused-ring (bicyclic) bond motifs is 3. The fourth-order valence-electron chi connectivity index (χ4n) is 4.96. The molecule has 0 spiro atoms. The summed E-state index contributed by atoms with van der Waals surface area (Å²) < 4.78 is 9.09. The maximum atomic E-state index is 9.09. The van der Waals surface area contributed by atoms with Crippen LogP contribution < -0.4 is 0 Å². The summed E-state index contributed by atoms with van der Waals surface area (Å²) in [7, 11) is 0. The molecule has 0 bridgehead atoms. The number of hydrogen-bond donors (Lipinski definition) is 0. The maximum absolute atomic E-state index is 9.09. The predicted molar refractivity (Wildman–Crippen MR) is 172 cm³/mol. The Morgan fingerprint density at radius 1 is 0.643 bits per heavy atom. The Kier molecular flexibility index (Phi) is 8.90. The number of nitrogens with zero attached hydrogens (tertiary/aromatic N) is 2. The summed E-state index contributed by atoms with van der Waals surface area (Å²) in [6.07, 6.45) is 3.65. The van der Waals surface area contributed by atoms with E-state index in [1.165, 1.54) is 5.56 Å². The number of hydrogen-bond acceptors (Lipinski definition) is 2. The second-order valence-corrected chi connectivity index (χ2v) is 10.2. The normalized spacial score (nSPS) is 11.0. The topological polar surface area (TPSA) is 25.8 Å². The second kappa shape index (κ2) is 13.5. The minimum Gasteiger partial charge on any atom is -0.305 e. The Morgan fingerprint density at radius 2 is 1.38 bits per heavy atom. The summed E-state index contributed by atoms with van der Waals surface area (Å²) in [5, 5.41) is 4.23. The van der Waals surface area contributed by atoms with E-state index in [0.717, 1.165) is 55.2 Å². The van der Waals surface area contributed by atoms with Gasteiger partial charge < -0.3 is 9.97 Å². The van der Waals surface area contributed by atoms with Crippen molar-refractivity contribution in [2.75, 3.05) is 0 Å². The van der Waals surface area contributed by atoms with Gasteiger partial charge in [-0.15, -0.1) is 59.7 Å². The molecule has 2 nitrogen and oxygen atoms in total. The third kappa shape index (κ3) is 6.39. The Bertz CT molecular complexity index is 1920. The van der Waals surface area contributed by atoms with Gasteiger partial charge in [-0.3, -0.25) is 0 Å². The van der Waals surface area contributed by atoms with Gasteiger partial charge in [0.15, 0.2) is 0 Å². The van der Waals surface area contributed by atoms with Crippen molar-refractivity contribution in [1.82, 2.24) is 9.97 Å². The molecule has 3 heteroatoms. The van der Waals surface area contributed by atoms with Crippen LogP contribution in [0.5, 0.6) is 0 Å². The number of pyridine rings is 2. The summed E-state index contributed by atoms with van der Waals surface area (Å²) >= 11 is 0. The molecular weight excluding hydrogens is 689 g/mol. The van der Waals surface area contributed by atoms with Crippen LogP contribution in [0.4, 0.5) is 0 Å². The third-order valence-electron chi connectivity index (χ3n) is 7.14. The molecular formula is C39H30IrN2-2. The van der Waals surface area contributed by atoms with E-state index in [1.54, 1.807) is 6.20 Å². The zero-order valence-electron chi connectivity index (χ0n) is 24.5. The molecule has 5 aromatic carbocycles. The second-order valence-electron chi connectivity index (χ2n) is 10.2. The Balaban J connectivity index is 0.000000238. The van der Waals surface area contributed by atoms with Gasteiger partial charge in [-0.05, 0) is 46.0 Å². The minimum atomic E-state index is 0. The average Bonchev–Trinajstić information content (AvgIpc) is 3.06. The van der Waals surface area contributed by atoms with Gasteiger partial charge >= 0.3 is 0 Å². The molecule has 7 aromatic rings. The van der Waals surface area contributed by atoms with Crippen LogP contribution in [-0.2, 0) is 20.1 Å². The zero-order chi connectivity index (χ0) is 28.9.